The van der Waals surface area contributed by atoms with Crippen molar-refractivity contribution in [3.05, 3.63) is 23.8 Å². The average molecular weight is 249 g/mol. The third kappa shape index (κ3) is 2.96. The zero-order valence-corrected chi connectivity index (χ0v) is 11.3. The van der Waals surface area contributed by atoms with Crippen molar-refractivity contribution in [2.75, 3.05) is 18.8 Å². The van der Waals surface area contributed by atoms with Crippen LogP contribution in [0.25, 0.3) is 10.2 Å². The Balaban J connectivity index is 2.17. The normalized spacial score (nSPS) is 11.5. The second-order valence-corrected chi connectivity index (χ2v) is 5.29. The summed E-state index contributed by atoms with van der Waals surface area (Å²) >= 11 is 1.56. The summed E-state index contributed by atoms with van der Waals surface area (Å²) in [4.78, 5) is 6.72. The molecule has 0 bridgehead atoms. The lowest BCUT2D eigenvalue weighted by molar-refractivity contribution is 0.281. The van der Waals surface area contributed by atoms with Crippen molar-refractivity contribution in [1.82, 2.24) is 9.88 Å². The number of aromatic nitrogens is 1. The zero-order valence-electron chi connectivity index (χ0n) is 10.4. The van der Waals surface area contributed by atoms with Crippen molar-refractivity contribution in [3.63, 3.8) is 0 Å². The largest absolute Gasteiger partial charge is 0.375 e. The molecular formula is C13H19N3S. The molecule has 3 nitrogen and oxygen atoms in total. The second-order valence-electron chi connectivity index (χ2n) is 4.22. The Bertz CT molecular complexity index is 492. The van der Waals surface area contributed by atoms with Crippen LogP contribution in [0.4, 0.5) is 5.13 Å². The van der Waals surface area contributed by atoms with Crippen molar-refractivity contribution < 1.29 is 0 Å². The number of hydrogen-bond donors (Lipinski definition) is 1. The summed E-state index contributed by atoms with van der Waals surface area (Å²) in [5, 5.41) is 0.651. The fraction of sp³-hybridized carbons (Fsp3) is 0.462. The van der Waals surface area contributed by atoms with E-state index in [0.29, 0.717) is 5.13 Å². The molecule has 2 rings (SSSR count). The highest BCUT2D eigenvalue weighted by molar-refractivity contribution is 7.22. The first-order valence-electron chi connectivity index (χ1n) is 6.10. The lowest BCUT2D eigenvalue weighted by atomic mass is 10.2. The quantitative estimate of drug-likeness (QED) is 0.885. The number of rotatable bonds is 5. The molecule has 0 radical (unpaired) electrons. The van der Waals surface area contributed by atoms with Gasteiger partial charge in [0.1, 0.15) is 0 Å². The zero-order chi connectivity index (χ0) is 12.3. The van der Waals surface area contributed by atoms with E-state index in [2.05, 4.69) is 41.9 Å². The molecule has 0 amide bonds. The molecule has 0 fully saturated rings. The van der Waals surface area contributed by atoms with E-state index in [1.807, 2.05) is 0 Å². The van der Waals surface area contributed by atoms with E-state index in [4.69, 9.17) is 5.73 Å². The maximum absolute atomic E-state index is 5.71. The Morgan fingerprint density at radius 1 is 1.35 bits per heavy atom. The molecule has 17 heavy (non-hydrogen) atoms. The summed E-state index contributed by atoms with van der Waals surface area (Å²) in [5.41, 5.74) is 8.07. The van der Waals surface area contributed by atoms with Gasteiger partial charge in [-0.05, 0) is 37.2 Å². The molecule has 92 valence electrons. The molecule has 0 aliphatic carbocycles. The summed E-state index contributed by atoms with van der Waals surface area (Å²) in [6.07, 6.45) is 1.20. The molecule has 4 heteroatoms. The van der Waals surface area contributed by atoms with Crippen LogP contribution >= 0.6 is 11.3 Å². The number of nitrogen functional groups attached to an aromatic ring is 1. The van der Waals surface area contributed by atoms with Crippen LogP contribution in [0, 0.1) is 0 Å². The molecule has 1 aromatic heterocycles. The van der Waals surface area contributed by atoms with Gasteiger partial charge in [0.2, 0.25) is 0 Å². The number of benzene rings is 1. The van der Waals surface area contributed by atoms with Gasteiger partial charge in [0.25, 0.3) is 0 Å². The van der Waals surface area contributed by atoms with Gasteiger partial charge in [-0.2, -0.15) is 0 Å². The van der Waals surface area contributed by atoms with E-state index in [-0.39, 0.29) is 0 Å². The van der Waals surface area contributed by atoms with Crippen molar-refractivity contribution in [3.8, 4) is 0 Å². The van der Waals surface area contributed by atoms with Crippen LogP contribution in [0.2, 0.25) is 0 Å². The third-order valence-corrected chi connectivity index (χ3v) is 3.71. The van der Waals surface area contributed by atoms with Crippen LogP contribution in [-0.2, 0) is 6.54 Å². The van der Waals surface area contributed by atoms with Crippen molar-refractivity contribution in [2.45, 2.75) is 26.8 Å². The highest BCUT2D eigenvalue weighted by Gasteiger charge is 2.05. The predicted molar refractivity (Wildman–Crippen MR) is 75.3 cm³/mol. The molecule has 1 heterocycles. The Labute approximate surface area is 106 Å². The molecule has 0 aliphatic rings. The summed E-state index contributed by atoms with van der Waals surface area (Å²) in [5.74, 6) is 0. The molecule has 2 aromatic rings. The standard InChI is InChI=1S/C13H19N3S/c1-3-7-16(4-2)9-10-5-6-11-12(8-10)17-13(14)15-11/h5-6,8H,3-4,7,9H2,1-2H3,(H2,14,15). The average Bonchev–Trinajstić information content (AvgIpc) is 2.68. The molecule has 1 aromatic carbocycles. The predicted octanol–water partition coefficient (Wildman–Crippen LogP) is 3.11. The van der Waals surface area contributed by atoms with Crippen molar-refractivity contribution in [1.29, 1.82) is 0 Å². The Hall–Kier alpha value is -1.13. The summed E-state index contributed by atoms with van der Waals surface area (Å²) in [6.45, 7) is 7.68. The molecule has 0 saturated carbocycles. The van der Waals surface area contributed by atoms with E-state index in [9.17, 15) is 0 Å². The first kappa shape index (κ1) is 12.3. The number of anilines is 1. The highest BCUT2D eigenvalue weighted by Crippen LogP contribution is 2.25. The van der Waals surface area contributed by atoms with Crippen LogP contribution in [0.3, 0.4) is 0 Å². The molecule has 0 unspecified atom stereocenters. The van der Waals surface area contributed by atoms with Gasteiger partial charge in [-0.3, -0.25) is 4.90 Å². The van der Waals surface area contributed by atoms with Gasteiger partial charge in [0.05, 0.1) is 10.2 Å². The molecule has 0 saturated heterocycles. The summed E-state index contributed by atoms with van der Waals surface area (Å²) < 4.78 is 1.19. The van der Waals surface area contributed by atoms with Gasteiger partial charge in [-0.25, -0.2) is 4.98 Å². The summed E-state index contributed by atoms with van der Waals surface area (Å²) in [6, 6.07) is 6.43. The Kier molecular flexibility index (Phi) is 3.97. The molecule has 0 spiro atoms. The lowest BCUT2D eigenvalue weighted by Gasteiger charge is -2.19. The van der Waals surface area contributed by atoms with Crippen LogP contribution in [-0.4, -0.2) is 23.0 Å². The molecular weight excluding hydrogens is 230 g/mol. The first-order chi connectivity index (χ1) is 8.22. The number of nitrogens with two attached hydrogens (primary N) is 1. The molecule has 0 atom stereocenters. The Morgan fingerprint density at radius 3 is 2.88 bits per heavy atom. The third-order valence-electron chi connectivity index (χ3n) is 2.86. The minimum Gasteiger partial charge on any atom is -0.375 e. The monoisotopic (exact) mass is 249 g/mol. The van der Waals surface area contributed by atoms with Crippen LogP contribution in [0.15, 0.2) is 18.2 Å². The molecule has 0 aliphatic heterocycles. The Morgan fingerprint density at radius 2 is 2.18 bits per heavy atom. The van der Waals surface area contributed by atoms with Crippen molar-refractivity contribution >= 4 is 26.7 Å². The summed E-state index contributed by atoms with van der Waals surface area (Å²) in [7, 11) is 0. The van der Waals surface area contributed by atoms with Gasteiger partial charge >= 0.3 is 0 Å². The van der Waals surface area contributed by atoms with Gasteiger partial charge in [0.15, 0.2) is 5.13 Å². The van der Waals surface area contributed by atoms with E-state index in [1.165, 1.54) is 16.7 Å². The number of nitrogens with zero attached hydrogens (tertiary/aromatic N) is 2. The second kappa shape index (κ2) is 5.47. The van der Waals surface area contributed by atoms with Gasteiger partial charge in [-0.15, -0.1) is 0 Å². The van der Waals surface area contributed by atoms with E-state index in [0.717, 1.165) is 25.2 Å². The number of fused-ring (bicyclic) bond motifs is 1. The smallest absolute Gasteiger partial charge is 0.181 e. The van der Waals surface area contributed by atoms with Gasteiger partial charge in [-0.1, -0.05) is 31.3 Å². The minimum absolute atomic E-state index is 0.651. The SMILES string of the molecule is CCCN(CC)Cc1ccc2nc(N)sc2c1. The topological polar surface area (TPSA) is 42.2 Å². The molecule has 2 N–H and O–H groups in total. The number of thiazole rings is 1. The first-order valence-corrected chi connectivity index (χ1v) is 6.92. The maximum Gasteiger partial charge on any atom is 0.181 e. The lowest BCUT2D eigenvalue weighted by Crippen LogP contribution is -2.23. The van der Waals surface area contributed by atoms with Crippen LogP contribution in [0.1, 0.15) is 25.8 Å². The highest BCUT2D eigenvalue weighted by atomic mass is 32.1. The van der Waals surface area contributed by atoms with Crippen LogP contribution < -0.4 is 5.73 Å². The fourth-order valence-corrected chi connectivity index (χ4v) is 2.81. The van der Waals surface area contributed by atoms with E-state index in [1.54, 1.807) is 11.3 Å². The van der Waals surface area contributed by atoms with Crippen LogP contribution in [0.5, 0.6) is 0 Å². The number of hydrogen-bond acceptors (Lipinski definition) is 4. The fourth-order valence-electron chi connectivity index (χ4n) is 2.01. The van der Waals surface area contributed by atoms with E-state index < -0.39 is 0 Å². The van der Waals surface area contributed by atoms with Crippen molar-refractivity contribution in [2.24, 2.45) is 0 Å². The van der Waals surface area contributed by atoms with E-state index >= 15 is 0 Å². The van der Waals surface area contributed by atoms with Gasteiger partial charge < -0.3 is 5.73 Å². The van der Waals surface area contributed by atoms with Gasteiger partial charge in [0, 0.05) is 6.54 Å². The minimum atomic E-state index is 0.651. The maximum atomic E-state index is 5.71.